The van der Waals surface area contributed by atoms with Gasteiger partial charge in [-0.15, -0.1) is 0 Å². The van der Waals surface area contributed by atoms with Gasteiger partial charge in [0, 0.05) is 23.4 Å². The number of benzene rings is 2. The van der Waals surface area contributed by atoms with Gasteiger partial charge in [-0.2, -0.15) is 4.90 Å². The fourth-order valence-corrected chi connectivity index (χ4v) is 4.76. The summed E-state index contributed by atoms with van der Waals surface area (Å²) in [6.07, 6.45) is 1.06. The van der Waals surface area contributed by atoms with Crippen molar-refractivity contribution < 1.29 is 19.3 Å². The van der Waals surface area contributed by atoms with Crippen LogP contribution in [0.15, 0.2) is 48.5 Å². The minimum atomic E-state index is -1.30. The fourth-order valence-electron chi connectivity index (χ4n) is 3.58. The predicted molar refractivity (Wildman–Crippen MR) is 105 cm³/mol. The van der Waals surface area contributed by atoms with Gasteiger partial charge in [-0.05, 0) is 54.6 Å². The Hall–Kier alpha value is -2.58. The standard InChI is InChI=1S/C19H20N3O4S/c1-26-17-9-7-15(8-10-17)21-18-20(11-2-12-27-18)13-19(21,23)14-3-5-16(6-4-14)22(24)25/h3-10,23H,2,11-13H2,1H3/q+1. The van der Waals surface area contributed by atoms with E-state index in [1.807, 2.05) is 29.2 Å². The zero-order valence-corrected chi connectivity index (χ0v) is 15.7. The number of nitro groups is 1. The number of ether oxygens (including phenoxy) is 1. The molecule has 2 aliphatic rings. The molecule has 4 rings (SSSR count). The van der Waals surface area contributed by atoms with Crippen LogP contribution in [-0.4, -0.2) is 45.7 Å². The lowest BCUT2D eigenvalue weighted by Gasteiger charge is -2.28. The first-order chi connectivity index (χ1) is 13.0. The van der Waals surface area contributed by atoms with Crippen LogP contribution in [0.1, 0.15) is 12.0 Å². The van der Waals surface area contributed by atoms with Crippen LogP contribution in [0.3, 0.4) is 0 Å². The number of nitrogens with zero attached hydrogens (tertiary/aromatic N) is 3. The largest absolute Gasteiger partial charge is 0.497 e. The average molecular weight is 386 g/mol. The van der Waals surface area contributed by atoms with E-state index in [-0.39, 0.29) is 5.69 Å². The van der Waals surface area contributed by atoms with E-state index < -0.39 is 10.6 Å². The van der Waals surface area contributed by atoms with Gasteiger partial charge < -0.3 is 9.84 Å². The highest BCUT2D eigenvalue weighted by Crippen LogP contribution is 2.40. The Bertz CT molecular complexity index is 898. The number of anilines is 1. The van der Waals surface area contributed by atoms with Crippen LogP contribution in [0.5, 0.6) is 5.75 Å². The molecule has 8 heteroatoms. The van der Waals surface area contributed by atoms with Crippen molar-refractivity contribution in [3.05, 3.63) is 64.2 Å². The predicted octanol–water partition coefficient (Wildman–Crippen LogP) is 2.77. The summed E-state index contributed by atoms with van der Waals surface area (Å²) in [4.78, 5) is 12.5. The second-order valence-electron chi connectivity index (χ2n) is 6.56. The van der Waals surface area contributed by atoms with Crippen LogP contribution in [0.2, 0.25) is 0 Å². The first kappa shape index (κ1) is 17.8. The highest BCUT2D eigenvalue weighted by atomic mass is 32.2. The van der Waals surface area contributed by atoms with Crippen molar-refractivity contribution in [2.75, 3.05) is 30.9 Å². The number of aliphatic hydroxyl groups is 1. The van der Waals surface area contributed by atoms with Gasteiger partial charge in [-0.3, -0.25) is 10.1 Å². The number of rotatable bonds is 4. The molecule has 2 aromatic carbocycles. The Kier molecular flexibility index (Phi) is 4.53. The summed E-state index contributed by atoms with van der Waals surface area (Å²) in [6, 6.07) is 13.7. The number of hydrogen-bond donors (Lipinski definition) is 1. The SMILES string of the molecule is COc1ccc(N2C3=[N+](CCCS3)CC2(O)c2ccc([N+](=O)[O-])cc2)cc1. The first-order valence-corrected chi connectivity index (χ1v) is 9.68. The molecule has 2 heterocycles. The molecule has 0 fully saturated rings. The molecule has 0 saturated heterocycles. The Morgan fingerprint density at radius 1 is 1.22 bits per heavy atom. The van der Waals surface area contributed by atoms with Crippen molar-refractivity contribution in [1.29, 1.82) is 0 Å². The number of non-ortho nitro benzene ring substituents is 1. The van der Waals surface area contributed by atoms with Crippen molar-refractivity contribution in [3.63, 3.8) is 0 Å². The van der Waals surface area contributed by atoms with Gasteiger partial charge in [0.2, 0.25) is 0 Å². The molecular formula is C19H20N3O4S+. The molecule has 1 unspecified atom stereocenters. The van der Waals surface area contributed by atoms with Crippen LogP contribution in [0.4, 0.5) is 11.4 Å². The van der Waals surface area contributed by atoms with Gasteiger partial charge in [0.1, 0.15) is 11.4 Å². The Balaban J connectivity index is 1.78. The lowest BCUT2D eigenvalue weighted by atomic mass is 10.0. The number of methoxy groups -OCH3 is 1. The van der Waals surface area contributed by atoms with Crippen LogP contribution >= 0.6 is 11.8 Å². The van der Waals surface area contributed by atoms with Crippen molar-refractivity contribution in [3.8, 4) is 5.75 Å². The van der Waals surface area contributed by atoms with Gasteiger partial charge in [-0.1, -0.05) is 0 Å². The summed E-state index contributed by atoms with van der Waals surface area (Å²) >= 11 is 1.72. The Morgan fingerprint density at radius 2 is 1.93 bits per heavy atom. The van der Waals surface area contributed by atoms with Crippen LogP contribution in [0, 0.1) is 10.1 Å². The zero-order valence-electron chi connectivity index (χ0n) is 14.9. The monoisotopic (exact) mass is 386 g/mol. The van der Waals surface area contributed by atoms with Gasteiger partial charge >= 0.3 is 5.17 Å². The van der Waals surface area contributed by atoms with Gasteiger partial charge in [0.05, 0.1) is 18.6 Å². The van der Waals surface area contributed by atoms with Gasteiger partial charge in [-0.25, -0.2) is 4.58 Å². The van der Waals surface area contributed by atoms with E-state index in [0.29, 0.717) is 12.1 Å². The highest BCUT2D eigenvalue weighted by molar-refractivity contribution is 8.14. The molecule has 2 aliphatic heterocycles. The van der Waals surface area contributed by atoms with Crippen molar-refractivity contribution in [2.45, 2.75) is 12.1 Å². The van der Waals surface area contributed by atoms with Crippen molar-refractivity contribution >= 4 is 28.3 Å². The maximum absolute atomic E-state index is 11.7. The molecular weight excluding hydrogens is 366 g/mol. The summed E-state index contributed by atoms with van der Waals surface area (Å²) in [5.41, 5.74) is 0.196. The second-order valence-corrected chi connectivity index (χ2v) is 7.62. The summed E-state index contributed by atoms with van der Waals surface area (Å²) in [5, 5.41) is 23.7. The highest BCUT2D eigenvalue weighted by Gasteiger charge is 2.55. The molecule has 0 radical (unpaired) electrons. The molecule has 1 N–H and O–H groups in total. The number of thioether (sulfide) groups is 1. The van der Waals surface area contributed by atoms with Crippen molar-refractivity contribution in [2.24, 2.45) is 0 Å². The maximum atomic E-state index is 11.7. The third-order valence-corrected chi connectivity index (χ3v) is 6.11. The summed E-state index contributed by atoms with van der Waals surface area (Å²) in [7, 11) is 1.62. The van der Waals surface area contributed by atoms with E-state index in [4.69, 9.17) is 4.74 Å². The molecule has 2 aromatic rings. The number of hydrogen-bond acceptors (Lipinski definition) is 6. The minimum absolute atomic E-state index is 0.0103. The van der Waals surface area contributed by atoms with Crippen LogP contribution in [-0.2, 0) is 5.72 Å². The molecule has 0 spiro atoms. The molecule has 140 valence electrons. The molecule has 1 atom stereocenters. The van der Waals surface area contributed by atoms with Crippen molar-refractivity contribution in [1.82, 2.24) is 0 Å². The van der Waals surface area contributed by atoms with Crippen LogP contribution < -0.4 is 9.64 Å². The molecule has 0 aliphatic carbocycles. The summed E-state index contributed by atoms with van der Waals surface area (Å²) < 4.78 is 7.42. The molecule has 0 saturated carbocycles. The van der Waals surface area contributed by atoms with E-state index in [1.54, 1.807) is 31.0 Å². The van der Waals surface area contributed by atoms with E-state index in [9.17, 15) is 15.2 Å². The fraction of sp³-hybridized carbons (Fsp3) is 0.316. The van der Waals surface area contributed by atoms with Gasteiger partial charge in [0.25, 0.3) is 11.4 Å². The third kappa shape index (κ3) is 3.04. The lowest BCUT2D eigenvalue weighted by molar-refractivity contribution is -0.532. The molecule has 0 bridgehead atoms. The normalized spacial score (nSPS) is 21.9. The smallest absolute Gasteiger partial charge is 0.316 e. The minimum Gasteiger partial charge on any atom is -0.497 e. The number of amidine groups is 1. The molecule has 0 aromatic heterocycles. The van der Waals surface area contributed by atoms with Gasteiger partial charge in [0.15, 0.2) is 6.54 Å². The lowest BCUT2D eigenvalue weighted by Crippen LogP contribution is -2.46. The van der Waals surface area contributed by atoms with E-state index in [0.717, 1.165) is 35.3 Å². The second kappa shape index (κ2) is 6.86. The molecule has 27 heavy (non-hydrogen) atoms. The zero-order chi connectivity index (χ0) is 19.0. The maximum Gasteiger partial charge on any atom is 0.316 e. The summed E-state index contributed by atoms with van der Waals surface area (Å²) in [6.45, 7) is 1.30. The Labute approximate surface area is 161 Å². The number of nitro benzene ring substituents is 1. The summed E-state index contributed by atoms with van der Waals surface area (Å²) in [5.74, 6) is 1.74. The van der Waals surface area contributed by atoms with E-state index >= 15 is 0 Å². The third-order valence-electron chi connectivity index (χ3n) is 4.92. The Morgan fingerprint density at radius 3 is 2.56 bits per heavy atom. The topological polar surface area (TPSA) is 78.8 Å². The average Bonchev–Trinajstić information content (AvgIpc) is 3.01. The molecule has 7 nitrogen and oxygen atoms in total. The molecule has 0 amide bonds. The van der Waals surface area contributed by atoms with E-state index in [1.165, 1.54) is 12.1 Å². The van der Waals surface area contributed by atoms with Crippen LogP contribution in [0.25, 0.3) is 0 Å². The quantitative estimate of drug-likeness (QED) is 0.495. The first-order valence-electron chi connectivity index (χ1n) is 8.69. The van der Waals surface area contributed by atoms with E-state index in [2.05, 4.69) is 4.58 Å².